The molecule has 0 N–H and O–H groups in total. The Morgan fingerprint density at radius 1 is 0.862 bits per heavy atom. The number of pyridine rings is 1. The van der Waals surface area contributed by atoms with Crippen molar-refractivity contribution < 1.29 is 0 Å². The topological polar surface area (TPSA) is 56.5 Å². The van der Waals surface area contributed by atoms with Gasteiger partial charge in [0, 0.05) is 18.0 Å². The van der Waals surface area contributed by atoms with Crippen molar-refractivity contribution in [2.45, 2.75) is 17.5 Å². The molecule has 0 amide bonds. The zero-order valence-electron chi connectivity index (χ0n) is 15.5. The minimum absolute atomic E-state index is 0.716. The van der Waals surface area contributed by atoms with Crippen molar-refractivity contribution in [2.24, 2.45) is 0 Å². The number of fused-ring (bicyclic) bond motifs is 1. The lowest BCUT2D eigenvalue weighted by Gasteiger charge is -2.10. The summed E-state index contributed by atoms with van der Waals surface area (Å²) in [6.45, 7) is 0.716. The summed E-state index contributed by atoms with van der Waals surface area (Å²) in [7, 11) is 0. The Labute approximate surface area is 176 Å². The second kappa shape index (κ2) is 8.14. The van der Waals surface area contributed by atoms with Crippen molar-refractivity contribution in [2.75, 3.05) is 0 Å². The molecule has 0 radical (unpaired) electrons. The maximum atomic E-state index is 4.74. The highest BCUT2D eigenvalue weighted by Gasteiger charge is 2.16. The van der Waals surface area contributed by atoms with Gasteiger partial charge in [0.15, 0.2) is 11.0 Å². The third kappa shape index (κ3) is 3.92. The molecule has 0 aliphatic heterocycles. The van der Waals surface area contributed by atoms with Crippen LogP contribution >= 0.6 is 23.1 Å². The number of thioether (sulfide) groups is 1. The normalized spacial score (nSPS) is 11.2. The van der Waals surface area contributed by atoms with Crippen LogP contribution in [0.25, 0.3) is 21.6 Å². The van der Waals surface area contributed by atoms with Crippen molar-refractivity contribution in [3.8, 4) is 11.4 Å². The quantitative estimate of drug-likeness (QED) is 0.353. The second-order valence-electron chi connectivity index (χ2n) is 6.48. The fourth-order valence-corrected chi connectivity index (χ4v) is 5.02. The van der Waals surface area contributed by atoms with Crippen LogP contribution in [0.2, 0.25) is 0 Å². The van der Waals surface area contributed by atoms with Crippen LogP contribution in [0.5, 0.6) is 0 Å². The maximum absolute atomic E-state index is 4.74. The van der Waals surface area contributed by atoms with Gasteiger partial charge < -0.3 is 0 Å². The van der Waals surface area contributed by atoms with Gasteiger partial charge in [-0.25, -0.2) is 4.98 Å². The Hall–Kier alpha value is -3.03. The van der Waals surface area contributed by atoms with Crippen LogP contribution in [-0.2, 0) is 12.3 Å². The Kier molecular flexibility index (Phi) is 5.06. The van der Waals surface area contributed by atoms with E-state index in [9.17, 15) is 0 Å². The summed E-state index contributed by atoms with van der Waals surface area (Å²) in [6.07, 6.45) is 3.57. The summed E-state index contributed by atoms with van der Waals surface area (Å²) >= 11 is 3.40. The van der Waals surface area contributed by atoms with Crippen LogP contribution in [0.1, 0.15) is 10.6 Å². The minimum Gasteiger partial charge on any atom is -0.298 e. The second-order valence-corrected chi connectivity index (χ2v) is 8.54. The fourth-order valence-electron chi connectivity index (χ4n) is 3.13. The van der Waals surface area contributed by atoms with Gasteiger partial charge in [0.2, 0.25) is 0 Å². The van der Waals surface area contributed by atoms with Gasteiger partial charge in [-0.2, -0.15) is 0 Å². The highest BCUT2D eigenvalue weighted by atomic mass is 32.2. The smallest absolute Gasteiger partial charge is 0.192 e. The average molecular weight is 416 g/mol. The van der Waals surface area contributed by atoms with Gasteiger partial charge in [0.25, 0.3) is 0 Å². The van der Waals surface area contributed by atoms with E-state index < -0.39 is 0 Å². The molecule has 7 heteroatoms. The van der Waals surface area contributed by atoms with E-state index in [1.165, 1.54) is 10.3 Å². The van der Waals surface area contributed by atoms with Gasteiger partial charge in [-0.05, 0) is 29.8 Å². The van der Waals surface area contributed by atoms with Crippen LogP contribution < -0.4 is 0 Å². The number of nitrogens with zero attached hydrogens (tertiary/aromatic N) is 5. The number of thiazole rings is 1. The number of hydrogen-bond donors (Lipinski definition) is 0. The molecule has 2 aromatic carbocycles. The molecule has 0 fully saturated rings. The molecule has 5 aromatic rings. The van der Waals surface area contributed by atoms with Crippen molar-refractivity contribution in [1.29, 1.82) is 0 Å². The first-order chi connectivity index (χ1) is 14.4. The Morgan fingerprint density at radius 3 is 2.48 bits per heavy atom. The van der Waals surface area contributed by atoms with Gasteiger partial charge in [-0.3, -0.25) is 9.55 Å². The zero-order valence-corrected chi connectivity index (χ0v) is 17.1. The number of aromatic nitrogens is 5. The number of hydrogen-bond acceptors (Lipinski definition) is 6. The van der Waals surface area contributed by atoms with E-state index in [0.29, 0.717) is 6.54 Å². The molecule has 0 atom stereocenters. The van der Waals surface area contributed by atoms with Gasteiger partial charge in [0.05, 0.1) is 22.5 Å². The van der Waals surface area contributed by atoms with E-state index >= 15 is 0 Å². The zero-order chi connectivity index (χ0) is 19.5. The van der Waals surface area contributed by atoms with Crippen LogP contribution in [0.4, 0.5) is 0 Å². The van der Waals surface area contributed by atoms with Gasteiger partial charge >= 0.3 is 0 Å². The standard InChI is InChI=1S/C22H17N5S2/c1-2-6-16(7-3-1)14-27-21(17-10-12-23-13-11-17)25-26-22(27)28-15-20-24-18-8-4-5-9-19(18)29-20/h1-13H,14-15H2. The summed E-state index contributed by atoms with van der Waals surface area (Å²) in [5.41, 5.74) is 3.27. The minimum atomic E-state index is 0.716. The largest absolute Gasteiger partial charge is 0.298 e. The van der Waals surface area contributed by atoms with Crippen LogP contribution in [0.3, 0.4) is 0 Å². The molecule has 3 aromatic heterocycles. The molecule has 3 heterocycles. The van der Waals surface area contributed by atoms with Crippen molar-refractivity contribution in [3.63, 3.8) is 0 Å². The molecule has 0 bridgehead atoms. The van der Waals surface area contributed by atoms with Crippen molar-refractivity contribution >= 4 is 33.3 Å². The monoisotopic (exact) mass is 415 g/mol. The fraction of sp³-hybridized carbons (Fsp3) is 0.0909. The first kappa shape index (κ1) is 18.0. The molecule has 5 nitrogen and oxygen atoms in total. The lowest BCUT2D eigenvalue weighted by molar-refractivity contribution is 0.714. The molecular weight excluding hydrogens is 398 g/mol. The van der Waals surface area contributed by atoms with Gasteiger partial charge in [0.1, 0.15) is 5.01 Å². The van der Waals surface area contributed by atoms with E-state index in [-0.39, 0.29) is 0 Å². The van der Waals surface area contributed by atoms with Crippen LogP contribution in [0.15, 0.2) is 84.3 Å². The Bertz CT molecular complexity index is 1200. The molecule has 0 spiro atoms. The highest BCUT2D eigenvalue weighted by molar-refractivity contribution is 7.98. The third-order valence-electron chi connectivity index (χ3n) is 4.50. The lowest BCUT2D eigenvalue weighted by Crippen LogP contribution is -2.04. The number of para-hydroxylation sites is 1. The summed E-state index contributed by atoms with van der Waals surface area (Å²) in [5, 5.41) is 11.0. The lowest BCUT2D eigenvalue weighted by atomic mass is 10.2. The van der Waals surface area contributed by atoms with Gasteiger partial charge in [-0.1, -0.05) is 54.2 Å². The predicted octanol–water partition coefficient (Wildman–Crippen LogP) is 5.29. The highest BCUT2D eigenvalue weighted by Crippen LogP contribution is 2.30. The summed E-state index contributed by atoms with van der Waals surface area (Å²) in [6, 6.07) is 22.6. The average Bonchev–Trinajstić information content (AvgIpc) is 3.37. The molecular formula is C22H17N5S2. The maximum Gasteiger partial charge on any atom is 0.192 e. The molecule has 0 saturated carbocycles. The summed E-state index contributed by atoms with van der Waals surface area (Å²) in [4.78, 5) is 8.86. The van der Waals surface area contributed by atoms with Crippen molar-refractivity contribution in [3.05, 3.63) is 89.7 Å². The first-order valence-electron chi connectivity index (χ1n) is 9.21. The summed E-state index contributed by atoms with van der Waals surface area (Å²) < 4.78 is 3.38. The Balaban J connectivity index is 1.46. The molecule has 0 saturated heterocycles. The molecule has 0 aliphatic carbocycles. The van der Waals surface area contributed by atoms with E-state index in [4.69, 9.17) is 4.98 Å². The van der Waals surface area contributed by atoms with E-state index in [1.54, 1.807) is 35.5 Å². The molecule has 0 aliphatic rings. The predicted molar refractivity (Wildman–Crippen MR) is 118 cm³/mol. The van der Waals surface area contributed by atoms with E-state index in [2.05, 4.69) is 62.2 Å². The summed E-state index contributed by atoms with van der Waals surface area (Å²) in [5.74, 6) is 1.62. The number of rotatable bonds is 6. The van der Waals surface area contributed by atoms with E-state index in [0.717, 1.165) is 32.8 Å². The van der Waals surface area contributed by atoms with Crippen LogP contribution in [-0.4, -0.2) is 24.7 Å². The SMILES string of the molecule is c1ccc(Cn2c(SCc3nc4ccccc4s3)nnc2-c2ccncc2)cc1. The molecule has 0 unspecified atom stereocenters. The van der Waals surface area contributed by atoms with Crippen LogP contribution in [0, 0.1) is 0 Å². The first-order valence-corrected chi connectivity index (χ1v) is 11.0. The Morgan fingerprint density at radius 2 is 1.66 bits per heavy atom. The molecule has 29 heavy (non-hydrogen) atoms. The molecule has 142 valence electrons. The molecule has 5 rings (SSSR count). The number of benzene rings is 2. The third-order valence-corrected chi connectivity index (χ3v) is 6.70. The van der Waals surface area contributed by atoms with Crippen molar-refractivity contribution in [1.82, 2.24) is 24.7 Å². The van der Waals surface area contributed by atoms with E-state index in [1.807, 2.05) is 24.3 Å². The van der Waals surface area contributed by atoms with Gasteiger partial charge in [-0.15, -0.1) is 21.5 Å².